The van der Waals surface area contributed by atoms with Crippen molar-refractivity contribution in [2.75, 3.05) is 0 Å². The molecule has 0 saturated heterocycles. The van der Waals surface area contributed by atoms with E-state index in [1.807, 2.05) is 84.9 Å². The summed E-state index contributed by atoms with van der Waals surface area (Å²) in [6.45, 7) is 10.4. The van der Waals surface area contributed by atoms with Crippen molar-refractivity contribution >= 4 is 49.3 Å². The van der Waals surface area contributed by atoms with E-state index in [1.165, 1.54) is 6.07 Å². The van der Waals surface area contributed by atoms with Gasteiger partial charge < -0.3 is 9.13 Å². The van der Waals surface area contributed by atoms with Crippen LogP contribution in [0.2, 0.25) is 0 Å². The Balaban J connectivity index is 1.28. The topological polar surface area (TPSA) is 14.2 Å². The van der Waals surface area contributed by atoms with Crippen LogP contribution in [-0.2, 0) is 6.18 Å². The van der Waals surface area contributed by atoms with Crippen LogP contribution in [0.4, 0.5) is 18.9 Å². The molecule has 3 nitrogen and oxygen atoms in total. The second-order valence-corrected chi connectivity index (χ2v) is 17.5. The first-order valence-corrected chi connectivity index (χ1v) is 22.8. The van der Waals surface area contributed by atoms with Gasteiger partial charge in [0.1, 0.15) is 0 Å². The van der Waals surface area contributed by atoms with Crippen LogP contribution in [0.25, 0.3) is 115 Å². The van der Waals surface area contributed by atoms with Crippen molar-refractivity contribution in [2.24, 2.45) is 0 Å². The zero-order valence-corrected chi connectivity index (χ0v) is 37.3. The molecule has 0 radical (unpaired) electrons. The third kappa shape index (κ3) is 7.06. The van der Waals surface area contributed by atoms with E-state index in [0.29, 0.717) is 16.9 Å². The highest BCUT2D eigenvalue weighted by Gasteiger charge is 2.35. The van der Waals surface area contributed by atoms with Crippen molar-refractivity contribution in [3.8, 4) is 67.0 Å². The summed E-state index contributed by atoms with van der Waals surface area (Å²) in [5.41, 5.74) is 12.9. The van der Waals surface area contributed by atoms with E-state index >= 15 is 13.2 Å². The summed E-state index contributed by atoms with van der Waals surface area (Å²) < 4.78 is 50.2. The highest BCUT2D eigenvalue weighted by molar-refractivity contribution is 6.14. The lowest BCUT2D eigenvalue weighted by molar-refractivity contribution is -0.137. The Morgan fingerprint density at radius 3 is 1.06 bits per heavy atom. The fraction of sp³-hybridized carbons (Fsp3) is 0.0317. The molecule has 0 unspecified atom stereocenters. The fourth-order valence-corrected chi connectivity index (χ4v) is 10.3. The van der Waals surface area contributed by atoms with Gasteiger partial charge in [0, 0.05) is 21.5 Å². The quantitative estimate of drug-likeness (QED) is 0.142. The third-order valence-electron chi connectivity index (χ3n) is 13.5. The van der Waals surface area contributed by atoms with E-state index in [-0.39, 0.29) is 16.8 Å². The standard InChI is InChI=1S/C63H40F3N3/c1-40-16-15-25-54(63(64,65)66)62(40)53-38-60(68-56-34-45(41-17-7-3-8-18-41)26-30-49(56)50-31-27-46(35-57(50)68)42-19-9-4-10-20-42)61(39-55(53)67-2)69-58-36-47(43-21-11-5-12-22-43)28-32-51(58)52-33-29-48(37-59(52)69)44-23-13-6-14-24-44/h3-39H,1H3. The lowest BCUT2D eigenvalue weighted by Crippen LogP contribution is -2.09. The summed E-state index contributed by atoms with van der Waals surface area (Å²) in [5.74, 6) is 0. The van der Waals surface area contributed by atoms with Gasteiger partial charge in [-0.2, -0.15) is 13.2 Å². The second-order valence-electron chi connectivity index (χ2n) is 17.5. The molecule has 10 aromatic carbocycles. The van der Waals surface area contributed by atoms with Gasteiger partial charge >= 0.3 is 6.18 Å². The van der Waals surface area contributed by atoms with Crippen LogP contribution in [0, 0.1) is 13.5 Å². The molecule has 0 bridgehead atoms. The molecule has 6 heteroatoms. The lowest BCUT2D eigenvalue weighted by atomic mass is 9.92. The molecule has 0 fully saturated rings. The SMILES string of the molecule is [C-]#[N+]c1cc(-n2c3cc(-c4ccccc4)ccc3c3ccc(-c4ccccc4)cc32)c(-n2c3cc(-c4ccccc4)ccc3c3ccc(-c4ccccc4)cc32)cc1-c1c(C)cccc1C(F)(F)F. The van der Waals surface area contributed by atoms with Crippen molar-refractivity contribution in [1.82, 2.24) is 9.13 Å². The number of benzene rings is 10. The number of hydrogen-bond acceptors (Lipinski definition) is 0. The molecule has 328 valence electrons. The van der Waals surface area contributed by atoms with Crippen LogP contribution in [0.15, 0.2) is 224 Å². The first-order valence-electron chi connectivity index (χ1n) is 22.8. The number of aromatic nitrogens is 2. The van der Waals surface area contributed by atoms with Crippen molar-refractivity contribution in [3.05, 3.63) is 247 Å². The van der Waals surface area contributed by atoms with Crippen molar-refractivity contribution < 1.29 is 13.2 Å². The highest BCUT2D eigenvalue weighted by Crippen LogP contribution is 2.48. The monoisotopic (exact) mass is 895 g/mol. The van der Waals surface area contributed by atoms with Gasteiger partial charge in [-0.15, -0.1) is 0 Å². The van der Waals surface area contributed by atoms with Gasteiger partial charge in [-0.05, 0) is 111 Å². The molecule has 2 heterocycles. The molecular weight excluding hydrogens is 856 g/mol. The van der Waals surface area contributed by atoms with E-state index in [0.717, 1.165) is 94.2 Å². The minimum absolute atomic E-state index is 0.0144. The van der Waals surface area contributed by atoms with Crippen LogP contribution in [0.5, 0.6) is 0 Å². The first kappa shape index (κ1) is 41.5. The maximum Gasteiger partial charge on any atom is 0.416 e. The molecule has 0 amide bonds. The number of rotatable bonds is 7. The zero-order chi connectivity index (χ0) is 46.8. The van der Waals surface area contributed by atoms with E-state index in [9.17, 15) is 0 Å². The smallest absolute Gasteiger partial charge is 0.308 e. The first-order chi connectivity index (χ1) is 33.7. The van der Waals surface area contributed by atoms with E-state index < -0.39 is 11.7 Å². The average Bonchev–Trinajstić information content (AvgIpc) is 3.90. The summed E-state index contributed by atoms with van der Waals surface area (Å²) >= 11 is 0. The molecule has 2 aromatic heterocycles. The van der Waals surface area contributed by atoms with Crippen molar-refractivity contribution in [2.45, 2.75) is 13.1 Å². The number of aryl methyl sites for hydroxylation is 1. The van der Waals surface area contributed by atoms with Crippen molar-refractivity contribution in [1.29, 1.82) is 0 Å². The van der Waals surface area contributed by atoms with E-state index in [1.54, 1.807) is 13.0 Å². The van der Waals surface area contributed by atoms with Gasteiger partial charge in [0.15, 0.2) is 5.69 Å². The fourth-order valence-electron chi connectivity index (χ4n) is 10.3. The van der Waals surface area contributed by atoms with Crippen LogP contribution >= 0.6 is 0 Å². The van der Waals surface area contributed by atoms with Crippen LogP contribution in [0.1, 0.15) is 11.1 Å². The predicted molar refractivity (Wildman–Crippen MR) is 278 cm³/mol. The molecule has 0 N–H and O–H groups in total. The lowest BCUT2D eigenvalue weighted by Gasteiger charge is -2.22. The van der Waals surface area contributed by atoms with Gasteiger partial charge in [-0.3, -0.25) is 0 Å². The number of halogens is 3. The molecule has 12 aromatic rings. The van der Waals surface area contributed by atoms with Gasteiger partial charge in [0.25, 0.3) is 0 Å². The minimum Gasteiger partial charge on any atom is -0.308 e. The summed E-state index contributed by atoms with van der Waals surface area (Å²) in [5, 5.41) is 3.97. The van der Waals surface area contributed by atoms with Crippen molar-refractivity contribution in [3.63, 3.8) is 0 Å². The number of alkyl halides is 3. The Kier molecular flexibility index (Phi) is 9.89. The summed E-state index contributed by atoms with van der Waals surface area (Å²) in [7, 11) is 0. The molecule has 0 aliphatic rings. The van der Waals surface area contributed by atoms with E-state index in [2.05, 4.69) is 135 Å². The summed E-state index contributed by atoms with van der Waals surface area (Å²) in [6.07, 6.45) is -4.68. The van der Waals surface area contributed by atoms with Gasteiger partial charge in [0.2, 0.25) is 0 Å². The van der Waals surface area contributed by atoms with Crippen LogP contribution in [-0.4, -0.2) is 9.13 Å². The maximum absolute atomic E-state index is 15.3. The molecule has 0 atom stereocenters. The van der Waals surface area contributed by atoms with Crippen LogP contribution < -0.4 is 0 Å². The zero-order valence-electron chi connectivity index (χ0n) is 37.3. The number of nitrogens with zero attached hydrogens (tertiary/aromatic N) is 3. The average molecular weight is 896 g/mol. The second kappa shape index (κ2) is 16.4. The third-order valence-corrected chi connectivity index (χ3v) is 13.5. The number of hydrogen-bond donors (Lipinski definition) is 0. The number of fused-ring (bicyclic) bond motifs is 6. The Morgan fingerprint density at radius 1 is 0.377 bits per heavy atom. The molecule has 0 spiro atoms. The van der Waals surface area contributed by atoms with Crippen LogP contribution in [0.3, 0.4) is 0 Å². The maximum atomic E-state index is 15.3. The Labute approximate surface area is 397 Å². The largest absolute Gasteiger partial charge is 0.416 e. The molecule has 0 aliphatic heterocycles. The summed E-state index contributed by atoms with van der Waals surface area (Å²) in [4.78, 5) is 4.09. The predicted octanol–water partition coefficient (Wildman–Crippen LogP) is 18.1. The van der Waals surface area contributed by atoms with Gasteiger partial charge in [-0.1, -0.05) is 182 Å². The minimum atomic E-state index is -4.68. The summed E-state index contributed by atoms with van der Waals surface area (Å²) in [6, 6.07) is 74.6. The molecular formula is C63H40F3N3. The molecule has 0 saturated carbocycles. The highest BCUT2D eigenvalue weighted by atomic mass is 19.4. The Morgan fingerprint density at radius 2 is 0.725 bits per heavy atom. The van der Waals surface area contributed by atoms with Gasteiger partial charge in [-0.25, -0.2) is 4.85 Å². The molecule has 69 heavy (non-hydrogen) atoms. The Bertz CT molecular complexity index is 3800. The molecule has 12 rings (SSSR count). The van der Waals surface area contributed by atoms with Gasteiger partial charge in [0.05, 0.1) is 45.6 Å². The van der Waals surface area contributed by atoms with E-state index in [4.69, 9.17) is 6.57 Å². The normalized spacial score (nSPS) is 11.8. The molecule has 0 aliphatic carbocycles. The Hall–Kier alpha value is -8.92.